The lowest BCUT2D eigenvalue weighted by Gasteiger charge is -2.30. The number of hydrogen-bond acceptors (Lipinski definition) is 4. The third kappa shape index (κ3) is 3.31. The molecule has 1 aromatic heterocycles. The number of nitrogens with one attached hydrogen (secondary N) is 1. The van der Waals surface area contributed by atoms with Crippen molar-refractivity contribution < 1.29 is 4.74 Å². The van der Waals surface area contributed by atoms with Crippen LogP contribution in [0.2, 0.25) is 0 Å². The Labute approximate surface area is 146 Å². The molecule has 0 unspecified atom stereocenters. The first-order valence-corrected chi connectivity index (χ1v) is 9.36. The van der Waals surface area contributed by atoms with Crippen LogP contribution in [0.1, 0.15) is 11.1 Å². The Balaban J connectivity index is 1.44. The molecule has 4 heteroatoms. The SMILES string of the molecule is c1ccc(N2CCOCC2)c(CNCc2csc3ccccc23)c1. The fraction of sp³-hybridized carbons (Fsp3) is 0.300. The quantitative estimate of drug-likeness (QED) is 0.760. The molecular weight excluding hydrogens is 316 g/mol. The van der Waals surface area contributed by atoms with Gasteiger partial charge in [0.25, 0.3) is 0 Å². The lowest BCUT2D eigenvalue weighted by molar-refractivity contribution is 0.122. The van der Waals surface area contributed by atoms with Gasteiger partial charge in [-0.3, -0.25) is 0 Å². The number of hydrogen-bond donors (Lipinski definition) is 1. The molecule has 24 heavy (non-hydrogen) atoms. The van der Waals surface area contributed by atoms with Crippen LogP contribution in [0.5, 0.6) is 0 Å². The lowest BCUT2D eigenvalue weighted by atomic mass is 10.1. The van der Waals surface area contributed by atoms with E-state index >= 15 is 0 Å². The number of anilines is 1. The highest BCUT2D eigenvalue weighted by atomic mass is 32.1. The van der Waals surface area contributed by atoms with Crippen molar-refractivity contribution in [1.29, 1.82) is 0 Å². The zero-order valence-electron chi connectivity index (χ0n) is 13.7. The number of benzene rings is 2. The molecule has 1 N–H and O–H groups in total. The second-order valence-corrected chi connectivity index (χ2v) is 7.00. The largest absolute Gasteiger partial charge is 0.378 e. The maximum absolute atomic E-state index is 5.48. The summed E-state index contributed by atoms with van der Waals surface area (Å²) >= 11 is 1.82. The maximum Gasteiger partial charge on any atom is 0.0642 e. The molecular formula is C20H22N2OS. The van der Waals surface area contributed by atoms with Crippen LogP contribution < -0.4 is 10.2 Å². The molecule has 3 nitrogen and oxygen atoms in total. The molecule has 0 atom stereocenters. The van der Waals surface area contributed by atoms with Crippen molar-refractivity contribution in [2.75, 3.05) is 31.2 Å². The van der Waals surface area contributed by atoms with E-state index in [9.17, 15) is 0 Å². The van der Waals surface area contributed by atoms with E-state index in [4.69, 9.17) is 4.74 Å². The van der Waals surface area contributed by atoms with E-state index in [0.717, 1.165) is 39.4 Å². The fourth-order valence-corrected chi connectivity index (χ4v) is 4.24. The van der Waals surface area contributed by atoms with Crippen LogP contribution >= 0.6 is 11.3 Å². The van der Waals surface area contributed by atoms with Gasteiger partial charge in [-0.15, -0.1) is 11.3 Å². The van der Waals surface area contributed by atoms with Crippen LogP contribution in [-0.2, 0) is 17.8 Å². The Morgan fingerprint density at radius 3 is 2.58 bits per heavy atom. The van der Waals surface area contributed by atoms with E-state index in [1.807, 2.05) is 11.3 Å². The van der Waals surface area contributed by atoms with Gasteiger partial charge in [0.2, 0.25) is 0 Å². The Kier molecular flexibility index (Phi) is 4.78. The van der Waals surface area contributed by atoms with Crippen LogP contribution in [0, 0.1) is 0 Å². The van der Waals surface area contributed by atoms with Crippen molar-refractivity contribution in [2.24, 2.45) is 0 Å². The topological polar surface area (TPSA) is 24.5 Å². The summed E-state index contributed by atoms with van der Waals surface area (Å²) in [4.78, 5) is 2.43. The van der Waals surface area contributed by atoms with Gasteiger partial charge in [-0.05, 0) is 34.0 Å². The third-order valence-corrected chi connectivity index (χ3v) is 5.55. The highest BCUT2D eigenvalue weighted by Gasteiger charge is 2.14. The molecule has 1 saturated heterocycles. The number of nitrogens with zero attached hydrogens (tertiary/aromatic N) is 1. The molecule has 0 spiro atoms. The first-order valence-electron chi connectivity index (χ1n) is 8.48. The monoisotopic (exact) mass is 338 g/mol. The zero-order valence-corrected chi connectivity index (χ0v) is 14.5. The van der Waals surface area contributed by atoms with Gasteiger partial charge < -0.3 is 15.0 Å². The summed E-state index contributed by atoms with van der Waals surface area (Å²) < 4.78 is 6.84. The first kappa shape index (κ1) is 15.6. The van der Waals surface area contributed by atoms with Crippen molar-refractivity contribution in [3.05, 3.63) is 65.0 Å². The molecule has 0 amide bonds. The average molecular weight is 338 g/mol. The van der Waals surface area contributed by atoms with E-state index in [-0.39, 0.29) is 0 Å². The summed E-state index contributed by atoms with van der Waals surface area (Å²) in [6.45, 7) is 5.39. The van der Waals surface area contributed by atoms with Crippen molar-refractivity contribution in [3.63, 3.8) is 0 Å². The molecule has 0 bridgehead atoms. The Morgan fingerprint density at radius 2 is 1.67 bits per heavy atom. The van der Waals surface area contributed by atoms with E-state index in [0.29, 0.717) is 0 Å². The van der Waals surface area contributed by atoms with Gasteiger partial charge in [0.15, 0.2) is 0 Å². The van der Waals surface area contributed by atoms with Gasteiger partial charge in [-0.2, -0.15) is 0 Å². The van der Waals surface area contributed by atoms with Gasteiger partial charge in [0.05, 0.1) is 13.2 Å². The van der Waals surface area contributed by atoms with Gasteiger partial charge in [-0.1, -0.05) is 36.4 Å². The summed E-state index contributed by atoms with van der Waals surface area (Å²) in [7, 11) is 0. The third-order valence-electron chi connectivity index (χ3n) is 4.54. The number of para-hydroxylation sites is 1. The van der Waals surface area contributed by atoms with Crippen LogP contribution in [0.25, 0.3) is 10.1 Å². The molecule has 0 aliphatic carbocycles. The second kappa shape index (κ2) is 7.34. The predicted octanol–water partition coefficient (Wildman–Crippen LogP) is 4.03. The molecule has 1 aliphatic rings. The van der Waals surface area contributed by atoms with Crippen LogP contribution in [0.3, 0.4) is 0 Å². The van der Waals surface area contributed by atoms with Crippen LogP contribution in [0.4, 0.5) is 5.69 Å². The molecule has 124 valence electrons. The molecule has 1 aliphatic heterocycles. The van der Waals surface area contributed by atoms with Gasteiger partial charge in [-0.25, -0.2) is 0 Å². The van der Waals surface area contributed by atoms with E-state index in [1.165, 1.54) is 26.9 Å². The van der Waals surface area contributed by atoms with Crippen molar-refractivity contribution >= 4 is 27.1 Å². The van der Waals surface area contributed by atoms with E-state index in [2.05, 4.69) is 64.1 Å². The summed E-state index contributed by atoms with van der Waals surface area (Å²) in [5.41, 5.74) is 4.09. The fourth-order valence-electron chi connectivity index (χ4n) is 3.27. The number of thiophene rings is 1. The van der Waals surface area contributed by atoms with Gasteiger partial charge >= 0.3 is 0 Å². The van der Waals surface area contributed by atoms with Crippen molar-refractivity contribution in [1.82, 2.24) is 5.32 Å². The Bertz CT molecular complexity index is 808. The molecule has 4 rings (SSSR count). The molecule has 2 heterocycles. The summed E-state index contributed by atoms with van der Waals surface area (Å²) in [6, 6.07) is 17.3. The number of rotatable bonds is 5. The van der Waals surface area contributed by atoms with Gasteiger partial charge in [0.1, 0.15) is 0 Å². The lowest BCUT2D eigenvalue weighted by Crippen LogP contribution is -2.37. The van der Waals surface area contributed by atoms with Crippen molar-refractivity contribution in [2.45, 2.75) is 13.1 Å². The van der Waals surface area contributed by atoms with E-state index in [1.54, 1.807) is 0 Å². The maximum atomic E-state index is 5.48. The minimum Gasteiger partial charge on any atom is -0.378 e. The predicted molar refractivity (Wildman–Crippen MR) is 102 cm³/mol. The summed E-state index contributed by atoms with van der Waals surface area (Å²) in [5, 5.41) is 7.27. The smallest absolute Gasteiger partial charge is 0.0642 e. The number of fused-ring (bicyclic) bond motifs is 1. The van der Waals surface area contributed by atoms with Crippen LogP contribution in [0.15, 0.2) is 53.9 Å². The minimum atomic E-state index is 0.822. The summed E-state index contributed by atoms with van der Waals surface area (Å²) in [5.74, 6) is 0. The summed E-state index contributed by atoms with van der Waals surface area (Å²) in [6.07, 6.45) is 0. The highest BCUT2D eigenvalue weighted by molar-refractivity contribution is 7.17. The molecule has 0 saturated carbocycles. The second-order valence-electron chi connectivity index (χ2n) is 6.09. The standard InChI is InChI=1S/C20H22N2OS/c1-3-7-19(22-9-11-23-12-10-22)16(5-1)13-21-14-17-15-24-20-8-4-2-6-18(17)20/h1-8,15,21H,9-14H2. The number of morpholine rings is 1. The molecule has 2 aromatic carbocycles. The van der Waals surface area contributed by atoms with E-state index < -0.39 is 0 Å². The molecule has 1 fully saturated rings. The first-order chi connectivity index (χ1) is 11.9. The molecule has 3 aromatic rings. The minimum absolute atomic E-state index is 0.822. The highest BCUT2D eigenvalue weighted by Crippen LogP contribution is 2.26. The van der Waals surface area contributed by atoms with Crippen LogP contribution in [-0.4, -0.2) is 26.3 Å². The normalized spacial score (nSPS) is 15.1. The Hall–Kier alpha value is -1.88. The Morgan fingerprint density at radius 1 is 0.917 bits per heavy atom. The zero-order chi connectivity index (χ0) is 16.2. The van der Waals surface area contributed by atoms with Gasteiger partial charge in [0, 0.05) is 36.6 Å². The molecule has 0 radical (unpaired) electrons. The number of ether oxygens (including phenoxy) is 1. The van der Waals surface area contributed by atoms with Crippen molar-refractivity contribution in [3.8, 4) is 0 Å². The average Bonchev–Trinajstić information content (AvgIpc) is 3.06.